The molecule has 5 nitrogen and oxygen atoms in total. The highest BCUT2D eigenvalue weighted by Gasteiger charge is 2.34. The molecule has 0 aliphatic carbocycles. The lowest BCUT2D eigenvalue weighted by Crippen LogP contribution is -2.39. The molecule has 4 rings (SSSR count). The number of hydrogen-bond donors (Lipinski definition) is 3. The Kier molecular flexibility index (Phi) is 7.51. The van der Waals surface area contributed by atoms with Crippen molar-refractivity contribution in [3.63, 3.8) is 0 Å². The SMILES string of the molecule is Cc1ccc(C(=O)Nc2cccc(CNC(=O)CC3CC4CCC(C3)N4)c2)cc1.Cl. The minimum absolute atomic E-state index is 0. The molecule has 2 bridgehead atoms. The van der Waals surface area contributed by atoms with Crippen molar-refractivity contribution >= 4 is 29.9 Å². The van der Waals surface area contributed by atoms with Gasteiger partial charge in [-0.25, -0.2) is 0 Å². The molecule has 2 fully saturated rings. The Hall–Kier alpha value is -2.37. The monoisotopic (exact) mass is 427 g/mol. The molecule has 160 valence electrons. The summed E-state index contributed by atoms with van der Waals surface area (Å²) in [5.41, 5.74) is 3.46. The van der Waals surface area contributed by atoms with E-state index in [9.17, 15) is 9.59 Å². The van der Waals surface area contributed by atoms with Gasteiger partial charge < -0.3 is 16.0 Å². The van der Waals surface area contributed by atoms with E-state index in [0.717, 1.165) is 29.7 Å². The first-order valence-electron chi connectivity index (χ1n) is 10.5. The molecule has 6 heteroatoms. The summed E-state index contributed by atoms with van der Waals surface area (Å²) in [7, 11) is 0. The van der Waals surface area contributed by atoms with Crippen LogP contribution in [-0.2, 0) is 11.3 Å². The molecule has 2 aromatic rings. The van der Waals surface area contributed by atoms with Crippen LogP contribution in [0.5, 0.6) is 0 Å². The number of piperidine rings is 1. The molecule has 0 saturated carbocycles. The predicted molar refractivity (Wildman–Crippen MR) is 122 cm³/mol. The van der Waals surface area contributed by atoms with E-state index in [1.165, 1.54) is 12.8 Å². The zero-order valence-electron chi connectivity index (χ0n) is 17.3. The summed E-state index contributed by atoms with van der Waals surface area (Å²) >= 11 is 0. The summed E-state index contributed by atoms with van der Waals surface area (Å²) in [5, 5.41) is 9.59. The topological polar surface area (TPSA) is 70.2 Å². The number of anilines is 1. The molecule has 2 aliphatic rings. The van der Waals surface area contributed by atoms with Gasteiger partial charge in [0.25, 0.3) is 5.91 Å². The second-order valence-corrected chi connectivity index (χ2v) is 8.48. The lowest BCUT2D eigenvalue weighted by Gasteiger charge is -2.28. The second-order valence-electron chi connectivity index (χ2n) is 8.48. The molecule has 0 radical (unpaired) electrons. The van der Waals surface area contributed by atoms with Gasteiger partial charge in [0.15, 0.2) is 0 Å². The molecule has 2 saturated heterocycles. The summed E-state index contributed by atoms with van der Waals surface area (Å²) in [5.74, 6) is 0.478. The van der Waals surface area contributed by atoms with Gasteiger partial charge in [0, 0.05) is 36.3 Å². The number of benzene rings is 2. The van der Waals surface area contributed by atoms with E-state index in [1.807, 2.05) is 55.5 Å². The maximum absolute atomic E-state index is 12.4. The molecule has 2 unspecified atom stereocenters. The number of nitrogens with one attached hydrogen (secondary N) is 3. The fraction of sp³-hybridized carbons (Fsp3) is 0.417. The van der Waals surface area contributed by atoms with Crippen molar-refractivity contribution in [2.24, 2.45) is 5.92 Å². The Morgan fingerprint density at radius 3 is 2.43 bits per heavy atom. The van der Waals surface area contributed by atoms with Crippen molar-refractivity contribution < 1.29 is 9.59 Å². The fourth-order valence-electron chi connectivity index (χ4n) is 4.54. The largest absolute Gasteiger partial charge is 0.352 e. The fourth-order valence-corrected chi connectivity index (χ4v) is 4.54. The Balaban J connectivity index is 0.00000256. The Morgan fingerprint density at radius 1 is 1.03 bits per heavy atom. The standard InChI is InChI=1S/C24H29N3O2.ClH/c1-16-5-7-19(8-6-16)24(29)27-20-4-2-3-17(11-20)15-25-23(28)14-18-12-21-9-10-22(13-18)26-21;/h2-8,11,18,21-22,26H,9-10,12-15H2,1H3,(H,25,28)(H,27,29);1H. The van der Waals surface area contributed by atoms with Gasteiger partial charge in [0.2, 0.25) is 5.91 Å². The molecule has 3 N–H and O–H groups in total. The van der Waals surface area contributed by atoms with Gasteiger partial charge in [0.05, 0.1) is 0 Å². The van der Waals surface area contributed by atoms with Crippen molar-refractivity contribution in [3.8, 4) is 0 Å². The molecular formula is C24H30ClN3O2. The van der Waals surface area contributed by atoms with Gasteiger partial charge in [-0.05, 0) is 68.4 Å². The van der Waals surface area contributed by atoms with E-state index in [0.29, 0.717) is 36.5 Å². The average Bonchev–Trinajstić information content (AvgIpc) is 3.05. The van der Waals surface area contributed by atoms with Crippen LogP contribution >= 0.6 is 12.4 Å². The van der Waals surface area contributed by atoms with Gasteiger partial charge in [-0.15, -0.1) is 12.4 Å². The maximum Gasteiger partial charge on any atom is 0.255 e. The van der Waals surface area contributed by atoms with Crippen molar-refractivity contribution in [3.05, 3.63) is 65.2 Å². The maximum atomic E-state index is 12.4. The summed E-state index contributed by atoms with van der Waals surface area (Å²) in [6, 6.07) is 16.4. The molecular weight excluding hydrogens is 398 g/mol. The van der Waals surface area contributed by atoms with E-state index in [2.05, 4.69) is 16.0 Å². The summed E-state index contributed by atoms with van der Waals surface area (Å²) in [4.78, 5) is 24.8. The highest BCUT2D eigenvalue weighted by molar-refractivity contribution is 6.04. The molecule has 0 spiro atoms. The number of fused-ring (bicyclic) bond motifs is 2. The molecule has 2 amide bonds. The van der Waals surface area contributed by atoms with E-state index in [4.69, 9.17) is 0 Å². The van der Waals surface area contributed by atoms with E-state index < -0.39 is 0 Å². The minimum Gasteiger partial charge on any atom is -0.352 e. The molecule has 2 heterocycles. The Bertz CT molecular complexity index is 872. The first-order chi connectivity index (χ1) is 14.0. The van der Waals surface area contributed by atoms with Crippen LogP contribution in [0.3, 0.4) is 0 Å². The molecule has 2 atom stereocenters. The number of rotatable bonds is 6. The number of aryl methyl sites for hydroxylation is 1. The van der Waals surface area contributed by atoms with Crippen molar-refractivity contribution in [1.29, 1.82) is 0 Å². The highest BCUT2D eigenvalue weighted by atomic mass is 35.5. The summed E-state index contributed by atoms with van der Waals surface area (Å²) in [6.45, 7) is 2.47. The first kappa shape index (κ1) is 22.3. The highest BCUT2D eigenvalue weighted by Crippen LogP contribution is 2.32. The van der Waals surface area contributed by atoms with Crippen LogP contribution in [0.1, 0.15) is 53.6 Å². The molecule has 2 aromatic carbocycles. The average molecular weight is 428 g/mol. The molecule has 30 heavy (non-hydrogen) atoms. The Morgan fingerprint density at radius 2 is 1.73 bits per heavy atom. The third-order valence-electron chi connectivity index (χ3n) is 6.03. The Labute approximate surface area is 184 Å². The van der Waals surface area contributed by atoms with Gasteiger partial charge >= 0.3 is 0 Å². The van der Waals surface area contributed by atoms with Crippen LogP contribution in [-0.4, -0.2) is 23.9 Å². The van der Waals surface area contributed by atoms with Crippen LogP contribution < -0.4 is 16.0 Å². The summed E-state index contributed by atoms with van der Waals surface area (Å²) < 4.78 is 0. The van der Waals surface area contributed by atoms with Crippen LogP contribution in [0.25, 0.3) is 0 Å². The number of halogens is 1. The van der Waals surface area contributed by atoms with Gasteiger partial charge in [-0.2, -0.15) is 0 Å². The number of carbonyl (C=O) groups is 2. The minimum atomic E-state index is -0.133. The van der Waals surface area contributed by atoms with Gasteiger partial charge in [0.1, 0.15) is 0 Å². The number of carbonyl (C=O) groups excluding carboxylic acids is 2. The molecule has 2 aliphatic heterocycles. The van der Waals surface area contributed by atoms with Crippen LogP contribution in [0, 0.1) is 12.8 Å². The van der Waals surface area contributed by atoms with E-state index >= 15 is 0 Å². The van der Waals surface area contributed by atoms with Gasteiger partial charge in [-0.3, -0.25) is 9.59 Å². The normalized spacial score (nSPS) is 22.1. The number of hydrogen-bond acceptors (Lipinski definition) is 3. The molecule has 0 aromatic heterocycles. The third-order valence-corrected chi connectivity index (χ3v) is 6.03. The summed E-state index contributed by atoms with van der Waals surface area (Å²) in [6.07, 6.45) is 5.35. The van der Waals surface area contributed by atoms with Crippen molar-refractivity contribution in [2.75, 3.05) is 5.32 Å². The third kappa shape index (κ3) is 5.83. The predicted octanol–water partition coefficient (Wildman–Crippen LogP) is 4.21. The van der Waals surface area contributed by atoms with Crippen molar-refractivity contribution in [1.82, 2.24) is 10.6 Å². The second kappa shape index (κ2) is 10.1. The lowest BCUT2D eigenvalue weighted by atomic mass is 9.89. The van der Waals surface area contributed by atoms with Crippen molar-refractivity contribution in [2.45, 2.75) is 57.7 Å². The van der Waals surface area contributed by atoms with Crippen LogP contribution in [0.2, 0.25) is 0 Å². The van der Waals surface area contributed by atoms with Gasteiger partial charge in [-0.1, -0.05) is 29.8 Å². The van der Waals surface area contributed by atoms with Crippen LogP contribution in [0.4, 0.5) is 5.69 Å². The first-order valence-corrected chi connectivity index (χ1v) is 10.5. The zero-order valence-corrected chi connectivity index (χ0v) is 18.1. The van der Waals surface area contributed by atoms with E-state index in [1.54, 1.807) is 0 Å². The quantitative estimate of drug-likeness (QED) is 0.646. The van der Waals surface area contributed by atoms with E-state index in [-0.39, 0.29) is 24.2 Å². The lowest BCUT2D eigenvalue weighted by molar-refractivity contribution is -0.122. The number of amides is 2. The smallest absolute Gasteiger partial charge is 0.255 e. The zero-order chi connectivity index (χ0) is 20.2. The van der Waals surface area contributed by atoms with Crippen LogP contribution in [0.15, 0.2) is 48.5 Å².